The fraction of sp³-hybridized carbons (Fsp3) is 0.412. The summed E-state index contributed by atoms with van der Waals surface area (Å²) in [6, 6.07) is 13.3. The Kier molecular flexibility index (Phi) is 3.58. The normalized spacial score (nSPS) is 16.9. The second-order valence-electron chi connectivity index (χ2n) is 5.72. The summed E-state index contributed by atoms with van der Waals surface area (Å²) in [5.74, 6) is 0.954. The number of nitrogens with zero attached hydrogens (tertiary/aromatic N) is 1. The van der Waals surface area contributed by atoms with Crippen molar-refractivity contribution in [3.05, 3.63) is 48.8 Å². The molecule has 0 bridgehead atoms. The Hall–Kier alpha value is -1.70. The predicted molar refractivity (Wildman–Crippen MR) is 80.8 cm³/mol. The zero-order valence-electron chi connectivity index (χ0n) is 11.5. The maximum absolute atomic E-state index is 3.63. The van der Waals surface area contributed by atoms with E-state index in [1.807, 2.05) is 0 Å². The first kappa shape index (κ1) is 12.3. The minimum atomic E-state index is 0.560. The average Bonchev–Trinajstić information content (AvgIpc) is 2.88. The first-order valence-corrected chi connectivity index (χ1v) is 7.31. The molecular formula is C17H22N2. The Labute approximate surface area is 115 Å². The van der Waals surface area contributed by atoms with Gasteiger partial charge in [-0.2, -0.15) is 0 Å². The number of aromatic nitrogens is 1. The largest absolute Gasteiger partial charge is 0.383 e. The third-order valence-corrected chi connectivity index (χ3v) is 4.07. The lowest BCUT2D eigenvalue weighted by Gasteiger charge is -2.29. The monoisotopic (exact) mass is 254 g/mol. The third-order valence-electron chi connectivity index (χ3n) is 4.07. The topological polar surface area (TPSA) is 17.0 Å². The van der Waals surface area contributed by atoms with Gasteiger partial charge in [-0.3, -0.25) is 0 Å². The van der Waals surface area contributed by atoms with E-state index < -0.39 is 0 Å². The second kappa shape index (κ2) is 5.52. The zero-order valence-corrected chi connectivity index (χ0v) is 11.5. The lowest BCUT2D eigenvalue weighted by Crippen LogP contribution is -2.23. The molecule has 1 aliphatic rings. The molecule has 0 amide bonds. The Morgan fingerprint density at radius 3 is 2.68 bits per heavy atom. The number of rotatable bonds is 5. The van der Waals surface area contributed by atoms with Gasteiger partial charge >= 0.3 is 0 Å². The molecular weight excluding hydrogens is 232 g/mol. The molecule has 1 fully saturated rings. The number of benzene rings is 1. The first-order valence-electron chi connectivity index (χ1n) is 7.31. The summed E-state index contributed by atoms with van der Waals surface area (Å²) in [6.45, 7) is 2.29. The predicted octanol–water partition coefficient (Wildman–Crippen LogP) is 4.47. The lowest BCUT2D eigenvalue weighted by atomic mass is 9.81. The van der Waals surface area contributed by atoms with Crippen LogP contribution in [-0.4, -0.2) is 10.6 Å². The molecule has 19 heavy (non-hydrogen) atoms. The summed E-state index contributed by atoms with van der Waals surface area (Å²) in [4.78, 5) is 0. The van der Waals surface area contributed by atoms with Crippen LogP contribution in [0, 0.1) is 5.92 Å². The first-order chi connectivity index (χ1) is 9.31. The second-order valence-corrected chi connectivity index (χ2v) is 5.72. The molecule has 3 rings (SSSR count). The van der Waals surface area contributed by atoms with E-state index in [1.54, 1.807) is 0 Å². The number of nitrogens with one attached hydrogen (secondary N) is 1. The van der Waals surface area contributed by atoms with Gasteiger partial charge in [0, 0.05) is 29.8 Å². The van der Waals surface area contributed by atoms with Gasteiger partial charge in [0.25, 0.3) is 0 Å². The highest BCUT2D eigenvalue weighted by Gasteiger charge is 2.19. The van der Waals surface area contributed by atoms with Crippen LogP contribution >= 0.6 is 0 Å². The van der Waals surface area contributed by atoms with Crippen molar-refractivity contribution in [3.8, 4) is 5.69 Å². The molecule has 2 nitrogen and oxygen atoms in total. The Bertz CT molecular complexity index is 512. The smallest absolute Gasteiger partial charge is 0.0469 e. The molecule has 100 valence electrons. The van der Waals surface area contributed by atoms with Gasteiger partial charge in [0.1, 0.15) is 0 Å². The van der Waals surface area contributed by atoms with Crippen molar-refractivity contribution < 1.29 is 0 Å². The molecule has 1 saturated carbocycles. The SMILES string of the molecule is CC(CC1CCC1)Nc1cccc(-n2cccc2)c1. The van der Waals surface area contributed by atoms with Crippen molar-refractivity contribution in [2.75, 3.05) is 5.32 Å². The summed E-state index contributed by atoms with van der Waals surface area (Å²) in [6.07, 6.45) is 9.74. The lowest BCUT2D eigenvalue weighted by molar-refractivity contribution is 0.286. The molecule has 1 aromatic heterocycles. The molecule has 1 unspecified atom stereocenters. The summed E-state index contributed by atoms with van der Waals surface area (Å²) < 4.78 is 2.14. The molecule has 1 aromatic carbocycles. The molecule has 2 aromatic rings. The van der Waals surface area contributed by atoms with Crippen LogP contribution < -0.4 is 5.32 Å². The maximum atomic E-state index is 3.63. The molecule has 0 aliphatic heterocycles. The maximum Gasteiger partial charge on any atom is 0.0469 e. The number of anilines is 1. The van der Waals surface area contributed by atoms with Crippen molar-refractivity contribution in [1.82, 2.24) is 4.57 Å². The fourth-order valence-corrected chi connectivity index (χ4v) is 2.83. The van der Waals surface area contributed by atoms with Crippen LogP contribution in [0.15, 0.2) is 48.8 Å². The third kappa shape index (κ3) is 3.01. The van der Waals surface area contributed by atoms with Crippen LogP contribution in [0.2, 0.25) is 0 Å². The molecule has 0 saturated heterocycles. The van der Waals surface area contributed by atoms with E-state index in [0.29, 0.717) is 6.04 Å². The van der Waals surface area contributed by atoms with Gasteiger partial charge in [-0.05, 0) is 49.6 Å². The van der Waals surface area contributed by atoms with E-state index >= 15 is 0 Å². The molecule has 1 heterocycles. The standard InChI is InChI=1S/C17H22N2/c1-14(12-15-6-4-7-15)18-16-8-5-9-17(13-16)19-10-2-3-11-19/h2-3,5,8-11,13-15,18H,4,6-7,12H2,1H3. The summed E-state index contributed by atoms with van der Waals surface area (Å²) >= 11 is 0. The van der Waals surface area contributed by atoms with E-state index in [0.717, 1.165) is 5.92 Å². The summed E-state index contributed by atoms with van der Waals surface area (Å²) in [7, 11) is 0. The molecule has 0 radical (unpaired) electrons. The van der Waals surface area contributed by atoms with Crippen molar-refractivity contribution >= 4 is 5.69 Å². The van der Waals surface area contributed by atoms with E-state index in [-0.39, 0.29) is 0 Å². The highest BCUT2D eigenvalue weighted by atomic mass is 15.0. The van der Waals surface area contributed by atoms with Crippen molar-refractivity contribution in [2.45, 2.75) is 38.6 Å². The fourth-order valence-electron chi connectivity index (χ4n) is 2.83. The van der Waals surface area contributed by atoms with Crippen molar-refractivity contribution in [1.29, 1.82) is 0 Å². The van der Waals surface area contributed by atoms with Gasteiger partial charge in [-0.1, -0.05) is 25.3 Å². The van der Waals surface area contributed by atoms with Crippen molar-refractivity contribution in [2.24, 2.45) is 5.92 Å². The number of hydrogen-bond acceptors (Lipinski definition) is 1. The van der Waals surface area contributed by atoms with Crippen LogP contribution in [0.3, 0.4) is 0 Å². The van der Waals surface area contributed by atoms with Gasteiger partial charge in [-0.15, -0.1) is 0 Å². The van der Waals surface area contributed by atoms with E-state index in [2.05, 4.69) is 65.6 Å². The highest BCUT2D eigenvalue weighted by Crippen LogP contribution is 2.31. The van der Waals surface area contributed by atoms with Crippen LogP contribution in [0.1, 0.15) is 32.6 Å². The molecule has 1 N–H and O–H groups in total. The zero-order chi connectivity index (χ0) is 13.1. The Morgan fingerprint density at radius 2 is 2.00 bits per heavy atom. The van der Waals surface area contributed by atoms with E-state index in [9.17, 15) is 0 Å². The average molecular weight is 254 g/mol. The summed E-state index contributed by atoms with van der Waals surface area (Å²) in [5, 5.41) is 3.63. The highest BCUT2D eigenvalue weighted by molar-refractivity contribution is 5.51. The van der Waals surface area contributed by atoms with Gasteiger partial charge < -0.3 is 9.88 Å². The van der Waals surface area contributed by atoms with Crippen LogP contribution in [0.4, 0.5) is 5.69 Å². The van der Waals surface area contributed by atoms with Gasteiger partial charge in [0.2, 0.25) is 0 Å². The van der Waals surface area contributed by atoms with Gasteiger partial charge in [0.05, 0.1) is 0 Å². The number of hydrogen-bond donors (Lipinski definition) is 1. The van der Waals surface area contributed by atoms with E-state index in [4.69, 9.17) is 0 Å². The van der Waals surface area contributed by atoms with Gasteiger partial charge in [0.15, 0.2) is 0 Å². The molecule has 2 heteroatoms. The Balaban J connectivity index is 1.65. The van der Waals surface area contributed by atoms with Crippen molar-refractivity contribution in [3.63, 3.8) is 0 Å². The van der Waals surface area contributed by atoms with E-state index in [1.165, 1.54) is 37.1 Å². The minimum Gasteiger partial charge on any atom is -0.383 e. The summed E-state index contributed by atoms with van der Waals surface area (Å²) in [5.41, 5.74) is 2.43. The van der Waals surface area contributed by atoms with Crippen LogP contribution in [0.25, 0.3) is 5.69 Å². The minimum absolute atomic E-state index is 0.560. The van der Waals surface area contributed by atoms with Crippen LogP contribution in [0.5, 0.6) is 0 Å². The molecule has 1 atom stereocenters. The van der Waals surface area contributed by atoms with Gasteiger partial charge in [-0.25, -0.2) is 0 Å². The molecule has 1 aliphatic carbocycles. The Morgan fingerprint density at radius 1 is 1.21 bits per heavy atom. The van der Waals surface area contributed by atoms with Crippen LogP contribution in [-0.2, 0) is 0 Å². The molecule has 0 spiro atoms. The quantitative estimate of drug-likeness (QED) is 0.833.